The highest BCUT2D eigenvalue weighted by atomic mass is 16.3. The van der Waals surface area contributed by atoms with Crippen LogP contribution in [0.3, 0.4) is 0 Å². The van der Waals surface area contributed by atoms with E-state index in [9.17, 15) is 5.11 Å². The highest BCUT2D eigenvalue weighted by Crippen LogP contribution is 2.24. The summed E-state index contributed by atoms with van der Waals surface area (Å²) in [5.74, 6) is 1.65. The maximum atomic E-state index is 9.49. The number of nitrogens with zero attached hydrogens (tertiary/aromatic N) is 2. The number of allylic oxidation sites excluding steroid dienone is 1. The highest BCUT2D eigenvalue weighted by molar-refractivity contribution is 5.86. The van der Waals surface area contributed by atoms with E-state index in [-0.39, 0.29) is 6.10 Å². The number of amidine groups is 1. The molecule has 2 atom stereocenters. The zero-order valence-electron chi connectivity index (χ0n) is 9.39. The second-order valence-electron chi connectivity index (χ2n) is 4.53. The number of hydrogen-bond acceptors (Lipinski definition) is 3. The molecule has 0 aromatic carbocycles. The monoisotopic (exact) mass is 208 g/mol. The molecule has 84 valence electrons. The van der Waals surface area contributed by atoms with E-state index in [2.05, 4.69) is 22.2 Å². The summed E-state index contributed by atoms with van der Waals surface area (Å²) in [5, 5.41) is 9.49. The van der Waals surface area contributed by atoms with E-state index in [4.69, 9.17) is 0 Å². The molecular weight excluding hydrogens is 188 g/mol. The Morgan fingerprint density at radius 1 is 1.67 bits per heavy atom. The van der Waals surface area contributed by atoms with Crippen LogP contribution < -0.4 is 0 Å². The number of aliphatic hydroxyl groups is 1. The molecule has 2 aliphatic heterocycles. The Morgan fingerprint density at radius 2 is 2.53 bits per heavy atom. The van der Waals surface area contributed by atoms with Crippen molar-refractivity contribution in [1.82, 2.24) is 4.90 Å². The van der Waals surface area contributed by atoms with Gasteiger partial charge in [0, 0.05) is 25.2 Å². The van der Waals surface area contributed by atoms with Crippen molar-refractivity contribution in [1.29, 1.82) is 0 Å². The standard InChI is InChI=1S/C12H20N2O/c1-10(15)9-11-5-2-3-7-14-8-4-6-13-12(11)14/h3,7,10-11,15H,2,4-6,8-9H2,1H3. The van der Waals surface area contributed by atoms with Crippen LogP contribution in [0.1, 0.15) is 32.6 Å². The second kappa shape index (κ2) is 4.79. The van der Waals surface area contributed by atoms with Crippen molar-refractivity contribution in [3.63, 3.8) is 0 Å². The fourth-order valence-electron chi connectivity index (χ4n) is 2.42. The van der Waals surface area contributed by atoms with Gasteiger partial charge >= 0.3 is 0 Å². The Hall–Kier alpha value is -0.830. The van der Waals surface area contributed by atoms with Crippen molar-refractivity contribution in [2.45, 2.75) is 38.7 Å². The maximum absolute atomic E-state index is 9.49. The van der Waals surface area contributed by atoms with E-state index in [0.29, 0.717) is 5.92 Å². The van der Waals surface area contributed by atoms with Gasteiger partial charge in [-0.1, -0.05) is 6.08 Å². The molecule has 0 fully saturated rings. The lowest BCUT2D eigenvalue weighted by atomic mass is 9.95. The quantitative estimate of drug-likeness (QED) is 0.751. The summed E-state index contributed by atoms with van der Waals surface area (Å²) in [5.41, 5.74) is 0. The molecule has 2 heterocycles. The van der Waals surface area contributed by atoms with Gasteiger partial charge in [0.15, 0.2) is 0 Å². The zero-order valence-corrected chi connectivity index (χ0v) is 9.39. The molecule has 2 aliphatic rings. The third-order valence-electron chi connectivity index (χ3n) is 3.08. The van der Waals surface area contributed by atoms with Crippen LogP contribution >= 0.6 is 0 Å². The van der Waals surface area contributed by atoms with Crippen LogP contribution in [0.5, 0.6) is 0 Å². The smallest absolute Gasteiger partial charge is 0.106 e. The van der Waals surface area contributed by atoms with Crippen LogP contribution in [-0.2, 0) is 0 Å². The molecule has 15 heavy (non-hydrogen) atoms. The normalized spacial score (nSPS) is 28.0. The van der Waals surface area contributed by atoms with Gasteiger partial charge in [0.05, 0.1) is 6.10 Å². The number of hydrogen-bond donors (Lipinski definition) is 1. The van der Waals surface area contributed by atoms with Crippen LogP contribution in [0.15, 0.2) is 17.3 Å². The first-order chi connectivity index (χ1) is 7.27. The average Bonchev–Trinajstić information content (AvgIpc) is 2.41. The maximum Gasteiger partial charge on any atom is 0.106 e. The molecule has 3 heteroatoms. The SMILES string of the molecule is CC(O)CC1CCC=CN2CCCN=C12. The van der Waals surface area contributed by atoms with Crippen molar-refractivity contribution >= 4 is 5.84 Å². The summed E-state index contributed by atoms with van der Waals surface area (Å²) in [7, 11) is 0. The Labute approximate surface area is 91.5 Å². The molecule has 3 nitrogen and oxygen atoms in total. The summed E-state index contributed by atoms with van der Waals surface area (Å²) in [4.78, 5) is 6.89. The van der Waals surface area contributed by atoms with Gasteiger partial charge in [0.25, 0.3) is 0 Å². The number of aliphatic imine (C=N–C) groups is 1. The van der Waals surface area contributed by atoms with Crippen LogP contribution in [-0.4, -0.2) is 35.0 Å². The number of fused-ring (bicyclic) bond motifs is 1. The van der Waals surface area contributed by atoms with Gasteiger partial charge < -0.3 is 10.0 Å². The Balaban J connectivity index is 2.13. The first-order valence-corrected chi connectivity index (χ1v) is 5.93. The summed E-state index contributed by atoms with van der Waals surface area (Å²) in [6.45, 7) is 3.91. The molecule has 0 spiro atoms. The lowest BCUT2D eigenvalue weighted by Crippen LogP contribution is -2.36. The van der Waals surface area contributed by atoms with Crippen molar-refractivity contribution in [3.8, 4) is 0 Å². The van der Waals surface area contributed by atoms with Gasteiger partial charge in [-0.25, -0.2) is 0 Å². The largest absolute Gasteiger partial charge is 0.393 e. The Kier molecular flexibility index (Phi) is 3.41. The molecule has 0 saturated carbocycles. The van der Waals surface area contributed by atoms with Gasteiger partial charge in [-0.3, -0.25) is 4.99 Å². The van der Waals surface area contributed by atoms with Crippen molar-refractivity contribution in [3.05, 3.63) is 12.3 Å². The van der Waals surface area contributed by atoms with Gasteiger partial charge in [-0.05, 0) is 32.6 Å². The van der Waals surface area contributed by atoms with Crippen LogP contribution in [0, 0.1) is 5.92 Å². The summed E-state index contributed by atoms with van der Waals surface area (Å²) < 4.78 is 0. The molecule has 0 aliphatic carbocycles. The van der Waals surface area contributed by atoms with Gasteiger partial charge in [0.2, 0.25) is 0 Å². The molecule has 2 unspecified atom stereocenters. The van der Waals surface area contributed by atoms with E-state index >= 15 is 0 Å². The van der Waals surface area contributed by atoms with Crippen LogP contribution in [0.2, 0.25) is 0 Å². The summed E-state index contributed by atoms with van der Waals surface area (Å²) in [6, 6.07) is 0. The minimum absolute atomic E-state index is 0.223. The first kappa shape index (κ1) is 10.7. The molecule has 2 rings (SSSR count). The van der Waals surface area contributed by atoms with E-state index in [1.165, 1.54) is 5.84 Å². The lowest BCUT2D eigenvalue weighted by molar-refractivity contribution is 0.169. The molecule has 1 N–H and O–H groups in total. The van der Waals surface area contributed by atoms with Crippen molar-refractivity contribution in [2.24, 2.45) is 10.9 Å². The van der Waals surface area contributed by atoms with Gasteiger partial charge in [0.1, 0.15) is 5.84 Å². The van der Waals surface area contributed by atoms with Crippen molar-refractivity contribution < 1.29 is 5.11 Å². The highest BCUT2D eigenvalue weighted by Gasteiger charge is 2.25. The summed E-state index contributed by atoms with van der Waals surface area (Å²) >= 11 is 0. The molecule has 0 aromatic rings. The van der Waals surface area contributed by atoms with E-state index in [0.717, 1.165) is 38.8 Å². The molecule has 0 aromatic heterocycles. The molecule has 0 bridgehead atoms. The fourth-order valence-corrected chi connectivity index (χ4v) is 2.42. The van der Waals surface area contributed by atoms with Gasteiger partial charge in [-0.15, -0.1) is 0 Å². The van der Waals surface area contributed by atoms with E-state index in [1.807, 2.05) is 6.92 Å². The molecule has 0 amide bonds. The third kappa shape index (κ3) is 2.59. The zero-order chi connectivity index (χ0) is 10.7. The number of aliphatic hydroxyl groups excluding tert-OH is 1. The lowest BCUT2D eigenvalue weighted by Gasteiger charge is -2.30. The summed E-state index contributed by atoms with van der Waals surface area (Å²) in [6.07, 6.45) is 8.39. The first-order valence-electron chi connectivity index (χ1n) is 5.93. The average molecular weight is 208 g/mol. The fraction of sp³-hybridized carbons (Fsp3) is 0.750. The second-order valence-corrected chi connectivity index (χ2v) is 4.53. The van der Waals surface area contributed by atoms with E-state index in [1.54, 1.807) is 0 Å². The van der Waals surface area contributed by atoms with E-state index < -0.39 is 0 Å². The predicted molar refractivity (Wildman–Crippen MR) is 61.8 cm³/mol. The molecule has 0 saturated heterocycles. The Morgan fingerprint density at radius 3 is 3.33 bits per heavy atom. The molecule has 0 radical (unpaired) electrons. The van der Waals surface area contributed by atoms with Gasteiger partial charge in [-0.2, -0.15) is 0 Å². The third-order valence-corrected chi connectivity index (χ3v) is 3.08. The van der Waals surface area contributed by atoms with Crippen molar-refractivity contribution in [2.75, 3.05) is 13.1 Å². The minimum Gasteiger partial charge on any atom is -0.393 e. The molecular formula is C12H20N2O. The Bertz CT molecular complexity index is 271. The minimum atomic E-state index is -0.223. The van der Waals surface area contributed by atoms with Crippen LogP contribution in [0.4, 0.5) is 0 Å². The predicted octanol–water partition coefficient (Wildman–Crippen LogP) is 1.79. The topological polar surface area (TPSA) is 35.8 Å². The number of rotatable bonds is 2. The van der Waals surface area contributed by atoms with Crippen LogP contribution in [0.25, 0.3) is 0 Å².